The summed E-state index contributed by atoms with van der Waals surface area (Å²) in [5, 5.41) is 11.2. The van der Waals surface area contributed by atoms with E-state index in [-0.39, 0.29) is 23.2 Å². The molecule has 27 heavy (non-hydrogen) atoms. The lowest BCUT2D eigenvalue weighted by atomic mass is 9.79. The minimum atomic E-state index is -0.612. The third-order valence-corrected chi connectivity index (χ3v) is 5.11. The smallest absolute Gasteiger partial charge is 0.218 e. The van der Waals surface area contributed by atoms with Crippen molar-refractivity contribution >= 4 is 11.9 Å². The highest BCUT2D eigenvalue weighted by molar-refractivity contribution is 5.99. The maximum atomic E-state index is 12.9. The number of nitro groups is 1. The van der Waals surface area contributed by atoms with Crippen LogP contribution in [0.3, 0.4) is 0 Å². The predicted molar refractivity (Wildman–Crippen MR) is 101 cm³/mol. The molecule has 4 rings (SSSR count). The summed E-state index contributed by atoms with van der Waals surface area (Å²) < 4.78 is 6.02. The second kappa shape index (κ2) is 7.19. The van der Waals surface area contributed by atoms with Crippen molar-refractivity contribution in [1.82, 2.24) is 0 Å². The van der Waals surface area contributed by atoms with E-state index in [0.717, 1.165) is 11.1 Å². The fourth-order valence-corrected chi connectivity index (χ4v) is 3.87. The molecule has 2 aliphatic rings. The van der Waals surface area contributed by atoms with E-state index >= 15 is 0 Å². The van der Waals surface area contributed by atoms with E-state index in [1.54, 1.807) is 6.08 Å². The van der Waals surface area contributed by atoms with Crippen LogP contribution in [0.5, 0.6) is 0 Å². The fourth-order valence-electron chi connectivity index (χ4n) is 3.87. The van der Waals surface area contributed by atoms with Crippen LogP contribution in [-0.4, -0.2) is 17.3 Å². The van der Waals surface area contributed by atoms with Gasteiger partial charge in [0.1, 0.15) is 17.4 Å². The number of ether oxygens (including phenoxy) is 1. The topological polar surface area (TPSA) is 69.4 Å². The number of hydrogen-bond donors (Lipinski definition) is 0. The highest BCUT2D eigenvalue weighted by Gasteiger charge is 2.43. The van der Waals surface area contributed by atoms with Gasteiger partial charge >= 0.3 is 0 Å². The molecular weight excluding hydrogens is 342 g/mol. The van der Waals surface area contributed by atoms with E-state index in [1.807, 2.05) is 60.7 Å². The monoisotopic (exact) mass is 361 g/mol. The van der Waals surface area contributed by atoms with Gasteiger partial charge in [0.25, 0.3) is 0 Å². The van der Waals surface area contributed by atoms with E-state index in [0.29, 0.717) is 29.9 Å². The van der Waals surface area contributed by atoms with Crippen molar-refractivity contribution in [2.75, 3.05) is 6.54 Å². The predicted octanol–water partition coefficient (Wildman–Crippen LogP) is 4.35. The lowest BCUT2D eigenvalue weighted by molar-refractivity contribution is -0.484. The molecule has 0 amide bonds. The molecule has 0 bridgehead atoms. The molecule has 0 saturated carbocycles. The van der Waals surface area contributed by atoms with E-state index in [9.17, 15) is 14.9 Å². The molecule has 1 unspecified atom stereocenters. The Bertz CT molecular complexity index is 931. The van der Waals surface area contributed by atoms with Crippen molar-refractivity contribution in [1.29, 1.82) is 0 Å². The summed E-state index contributed by atoms with van der Waals surface area (Å²) in [6.07, 6.45) is 2.75. The number of allylic oxidation sites excluding steroid dienone is 1. The number of nitrogens with zero attached hydrogens (tertiary/aromatic N) is 1. The van der Waals surface area contributed by atoms with Crippen LogP contribution in [0.1, 0.15) is 29.9 Å². The average molecular weight is 361 g/mol. The lowest BCUT2D eigenvalue weighted by Gasteiger charge is -2.22. The van der Waals surface area contributed by atoms with E-state index < -0.39 is 5.92 Å². The number of benzene rings is 2. The molecule has 0 radical (unpaired) electrons. The van der Waals surface area contributed by atoms with Crippen LogP contribution >= 0.6 is 0 Å². The van der Waals surface area contributed by atoms with Gasteiger partial charge in [-0.15, -0.1) is 0 Å². The van der Waals surface area contributed by atoms with Crippen LogP contribution in [0.15, 0.2) is 77.8 Å². The zero-order valence-corrected chi connectivity index (χ0v) is 14.7. The van der Waals surface area contributed by atoms with Crippen molar-refractivity contribution in [3.05, 3.63) is 99.0 Å². The first-order chi connectivity index (χ1) is 13.1. The van der Waals surface area contributed by atoms with Gasteiger partial charge in [0.05, 0.1) is 5.57 Å². The number of ketones is 1. The second-order valence-electron chi connectivity index (χ2n) is 6.90. The van der Waals surface area contributed by atoms with Gasteiger partial charge in [-0.2, -0.15) is 0 Å². The van der Waals surface area contributed by atoms with Gasteiger partial charge in [-0.1, -0.05) is 60.7 Å². The Labute approximate surface area is 157 Å². The Hall–Kier alpha value is -3.21. The van der Waals surface area contributed by atoms with Gasteiger partial charge in [0, 0.05) is 17.8 Å². The SMILES string of the molecule is O=C1CC(c2ccccc2)CC2=C1[C@H](C[N+](=O)[O-])/C(=C/c1ccccc1)O2. The number of Topliss-reactive ketones (excluding diaryl/α,β-unsaturated/α-hetero) is 1. The van der Waals surface area contributed by atoms with Crippen LogP contribution in [0.4, 0.5) is 0 Å². The van der Waals surface area contributed by atoms with Gasteiger partial charge in [-0.25, -0.2) is 0 Å². The Morgan fingerprint density at radius 2 is 1.70 bits per heavy atom. The Morgan fingerprint density at radius 1 is 1.04 bits per heavy atom. The molecule has 2 atom stereocenters. The molecule has 0 spiro atoms. The molecule has 2 aromatic rings. The van der Waals surface area contributed by atoms with Gasteiger partial charge in [-0.3, -0.25) is 14.9 Å². The fraction of sp³-hybridized carbons (Fsp3) is 0.227. The first-order valence-electron chi connectivity index (χ1n) is 8.99. The quantitative estimate of drug-likeness (QED) is 0.600. The Balaban J connectivity index is 1.68. The van der Waals surface area contributed by atoms with Crippen LogP contribution in [-0.2, 0) is 9.53 Å². The van der Waals surface area contributed by atoms with E-state index in [1.165, 1.54) is 0 Å². The molecule has 0 N–H and O–H groups in total. The van der Waals surface area contributed by atoms with E-state index in [4.69, 9.17) is 4.74 Å². The third-order valence-electron chi connectivity index (χ3n) is 5.11. The van der Waals surface area contributed by atoms with Gasteiger partial charge in [-0.05, 0) is 23.1 Å². The van der Waals surface area contributed by atoms with Crippen LogP contribution < -0.4 is 0 Å². The van der Waals surface area contributed by atoms with Crippen molar-refractivity contribution in [3.63, 3.8) is 0 Å². The normalized spacial score (nSPS) is 23.3. The number of rotatable bonds is 4. The standard InChI is InChI=1S/C22H19NO4/c24-19-12-17(16-9-5-2-6-10-16)13-21-22(19)18(14-23(25)26)20(27-21)11-15-7-3-1-4-8-15/h1-11,17-18H,12-14H2/b20-11-/t17?,18-/m1/s1. The zero-order chi connectivity index (χ0) is 18.8. The highest BCUT2D eigenvalue weighted by Crippen LogP contribution is 2.45. The number of carbonyl (C=O) groups excluding carboxylic acids is 1. The summed E-state index contributed by atoms with van der Waals surface area (Å²) in [5.41, 5.74) is 2.47. The minimum absolute atomic E-state index is 0.0461. The van der Waals surface area contributed by atoms with Crippen molar-refractivity contribution < 1.29 is 14.5 Å². The summed E-state index contributed by atoms with van der Waals surface area (Å²) in [6, 6.07) is 19.4. The first-order valence-corrected chi connectivity index (χ1v) is 8.99. The molecule has 5 nitrogen and oxygen atoms in total. The molecule has 1 aliphatic heterocycles. The highest BCUT2D eigenvalue weighted by atomic mass is 16.6. The summed E-state index contributed by atoms with van der Waals surface area (Å²) in [5.74, 6) is 0.469. The Kier molecular flexibility index (Phi) is 4.59. The number of carbonyl (C=O) groups is 1. The summed E-state index contributed by atoms with van der Waals surface area (Å²) in [7, 11) is 0. The summed E-state index contributed by atoms with van der Waals surface area (Å²) in [6.45, 7) is -0.334. The molecule has 1 heterocycles. The van der Waals surface area contributed by atoms with Crippen molar-refractivity contribution in [2.45, 2.75) is 18.8 Å². The zero-order valence-electron chi connectivity index (χ0n) is 14.7. The molecule has 0 fully saturated rings. The molecule has 1 aliphatic carbocycles. The summed E-state index contributed by atoms with van der Waals surface area (Å²) >= 11 is 0. The van der Waals surface area contributed by atoms with Crippen LogP contribution in [0.2, 0.25) is 0 Å². The molecule has 2 aromatic carbocycles. The second-order valence-corrected chi connectivity index (χ2v) is 6.90. The van der Waals surface area contributed by atoms with Gasteiger partial charge < -0.3 is 4.74 Å². The largest absolute Gasteiger partial charge is 0.465 e. The minimum Gasteiger partial charge on any atom is -0.465 e. The van der Waals surface area contributed by atoms with Gasteiger partial charge in [0.15, 0.2) is 5.78 Å². The maximum Gasteiger partial charge on any atom is 0.218 e. The van der Waals surface area contributed by atoms with Crippen molar-refractivity contribution in [3.8, 4) is 0 Å². The van der Waals surface area contributed by atoms with Crippen LogP contribution in [0, 0.1) is 16.0 Å². The van der Waals surface area contributed by atoms with Gasteiger partial charge in [0.2, 0.25) is 6.54 Å². The molecule has 0 saturated heterocycles. The first kappa shape index (κ1) is 17.2. The Morgan fingerprint density at radius 3 is 2.37 bits per heavy atom. The van der Waals surface area contributed by atoms with Crippen LogP contribution in [0.25, 0.3) is 6.08 Å². The van der Waals surface area contributed by atoms with Crippen molar-refractivity contribution in [2.24, 2.45) is 5.92 Å². The van der Waals surface area contributed by atoms with E-state index in [2.05, 4.69) is 0 Å². The molecular formula is C22H19NO4. The molecule has 136 valence electrons. The average Bonchev–Trinajstić information content (AvgIpc) is 3.00. The lowest BCUT2D eigenvalue weighted by Crippen LogP contribution is -2.24. The maximum absolute atomic E-state index is 12.9. The molecule has 5 heteroatoms. The number of hydrogen-bond acceptors (Lipinski definition) is 4. The summed E-state index contributed by atoms with van der Waals surface area (Å²) in [4.78, 5) is 23.7. The third kappa shape index (κ3) is 3.53. The molecule has 0 aromatic heterocycles.